The van der Waals surface area contributed by atoms with Gasteiger partial charge in [-0.2, -0.15) is 0 Å². The maximum Gasteiger partial charge on any atom is 0.137 e. The van der Waals surface area contributed by atoms with Crippen LogP contribution < -0.4 is 5.73 Å². The molecule has 0 saturated carbocycles. The highest BCUT2D eigenvalue weighted by Crippen LogP contribution is 2.24. The molecule has 0 aliphatic carbocycles. The normalized spacial score (nSPS) is 12.4. The lowest BCUT2D eigenvalue weighted by molar-refractivity contribution is 0.618. The van der Waals surface area contributed by atoms with Crippen molar-refractivity contribution in [2.75, 3.05) is 6.54 Å². The second-order valence-electron chi connectivity index (χ2n) is 4.80. The highest BCUT2D eigenvalue weighted by molar-refractivity contribution is 9.10. The molecule has 2 aromatic rings. The molecule has 0 amide bonds. The van der Waals surface area contributed by atoms with Crippen LogP contribution in [0.2, 0.25) is 0 Å². The Morgan fingerprint density at radius 2 is 2.00 bits per heavy atom. The summed E-state index contributed by atoms with van der Waals surface area (Å²) in [5, 5.41) is 0. The van der Waals surface area contributed by atoms with Crippen LogP contribution in [0.1, 0.15) is 22.6 Å². The van der Waals surface area contributed by atoms with E-state index in [9.17, 15) is 4.39 Å². The fraction of sp³-hybridized carbons (Fsp3) is 0.250. The summed E-state index contributed by atoms with van der Waals surface area (Å²) >= 11 is 3.22. The molecule has 0 saturated heterocycles. The van der Waals surface area contributed by atoms with E-state index in [1.54, 1.807) is 0 Å². The SMILES string of the molecule is Cc1cccc(C(CN)Cc2ccc(F)c(Br)c2)c1. The van der Waals surface area contributed by atoms with Crippen LogP contribution in [0.4, 0.5) is 4.39 Å². The summed E-state index contributed by atoms with van der Waals surface area (Å²) in [4.78, 5) is 0. The predicted octanol–water partition coefficient (Wildman–Crippen LogP) is 4.18. The molecular formula is C16H17BrFN. The first-order valence-corrected chi connectivity index (χ1v) is 7.10. The molecule has 0 spiro atoms. The van der Waals surface area contributed by atoms with E-state index >= 15 is 0 Å². The van der Waals surface area contributed by atoms with Crippen LogP contribution in [0.3, 0.4) is 0 Å². The second-order valence-corrected chi connectivity index (χ2v) is 5.65. The van der Waals surface area contributed by atoms with Gasteiger partial charge in [0.2, 0.25) is 0 Å². The van der Waals surface area contributed by atoms with Crippen molar-refractivity contribution in [2.24, 2.45) is 5.73 Å². The van der Waals surface area contributed by atoms with Crippen LogP contribution in [0.5, 0.6) is 0 Å². The van der Waals surface area contributed by atoms with E-state index in [0.29, 0.717) is 11.0 Å². The van der Waals surface area contributed by atoms with Crippen LogP contribution in [0, 0.1) is 12.7 Å². The molecule has 1 atom stereocenters. The molecule has 100 valence electrons. The molecule has 0 fully saturated rings. The molecule has 0 heterocycles. The summed E-state index contributed by atoms with van der Waals surface area (Å²) in [5.41, 5.74) is 9.44. The van der Waals surface area contributed by atoms with Crippen molar-refractivity contribution >= 4 is 15.9 Å². The maximum atomic E-state index is 13.2. The lowest BCUT2D eigenvalue weighted by Crippen LogP contribution is -2.15. The van der Waals surface area contributed by atoms with Crippen molar-refractivity contribution < 1.29 is 4.39 Å². The highest BCUT2D eigenvalue weighted by atomic mass is 79.9. The minimum absolute atomic E-state index is 0.233. The molecule has 1 nitrogen and oxygen atoms in total. The summed E-state index contributed by atoms with van der Waals surface area (Å²) in [6.45, 7) is 2.66. The van der Waals surface area contributed by atoms with Crippen LogP contribution in [-0.2, 0) is 6.42 Å². The van der Waals surface area contributed by atoms with E-state index < -0.39 is 0 Å². The minimum Gasteiger partial charge on any atom is -0.330 e. The van der Waals surface area contributed by atoms with Gasteiger partial charge in [0.25, 0.3) is 0 Å². The van der Waals surface area contributed by atoms with Crippen LogP contribution in [0.25, 0.3) is 0 Å². The van der Waals surface area contributed by atoms with Crippen molar-refractivity contribution in [1.29, 1.82) is 0 Å². The molecule has 19 heavy (non-hydrogen) atoms. The Morgan fingerprint density at radius 1 is 1.21 bits per heavy atom. The van der Waals surface area contributed by atoms with Gasteiger partial charge in [-0.15, -0.1) is 0 Å². The molecule has 0 radical (unpaired) electrons. The summed E-state index contributed by atoms with van der Waals surface area (Å²) < 4.78 is 13.7. The largest absolute Gasteiger partial charge is 0.330 e. The van der Waals surface area contributed by atoms with Gasteiger partial charge in [-0.3, -0.25) is 0 Å². The molecule has 0 aromatic heterocycles. The number of benzene rings is 2. The zero-order valence-corrected chi connectivity index (χ0v) is 12.5. The molecule has 0 aliphatic heterocycles. The number of aryl methyl sites for hydroxylation is 1. The number of hydrogen-bond acceptors (Lipinski definition) is 1. The zero-order chi connectivity index (χ0) is 13.8. The average molecular weight is 322 g/mol. The van der Waals surface area contributed by atoms with Crippen molar-refractivity contribution in [1.82, 2.24) is 0 Å². The number of halogens is 2. The quantitative estimate of drug-likeness (QED) is 0.898. The molecule has 2 rings (SSSR count). The van der Waals surface area contributed by atoms with Crippen molar-refractivity contribution in [3.05, 3.63) is 69.4 Å². The number of rotatable bonds is 4. The Hall–Kier alpha value is -1.19. The molecule has 0 bridgehead atoms. The van der Waals surface area contributed by atoms with Crippen LogP contribution >= 0.6 is 15.9 Å². The monoisotopic (exact) mass is 321 g/mol. The third-order valence-electron chi connectivity index (χ3n) is 3.26. The molecule has 2 N–H and O–H groups in total. The van der Waals surface area contributed by atoms with E-state index in [4.69, 9.17) is 5.73 Å². The fourth-order valence-electron chi connectivity index (χ4n) is 2.21. The van der Waals surface area contributed by atoms with E-state index in [1.165, 1.54) is 17.2 Å². The van der Waals surface area contributed by atoms with E-state index in [1.807, 2.05) is 18.2 Å². The Morgan fingerprint density at radius 3 is 2.63 bits per heavy atom. The van der Waals surface area contributed by atoms with Crippen LogP contribution in [0.15, 0.2) is 46.9 Å². The van der Waals surface area contributed by atoms with Gasteiger partial charge < -0.3 is 5.73 Å². The smallest absolute Gasteiger partial charge is 0.137 e. The summed E-state index contributed by atoms with van der Waals surface area (Å²) in [5.74, 6) is 0.0286. The zero-order valence-electron chi connectivity index (χ0n) is 10.9. The fourth-order valence-corrected chi connectivity index (χ4v) is 2.64. The first-order valence-electron chi connectivity index (χ1n) is 6.30. The van der Waals surface area contributed by atoms with E-state index in [0.717, 1.165) is 12.0 Å². The third kappa shape index (κ3) is 3.64. The first-order chi connectivity index (χ1) is 9.10. The topological polar surface area (TPSA) is 26.0 Å². The highest BCUT2D eigenvalue weighted by Gasteiger charge is 2.12. The molecule has 0 aliphatic rings. The summed E-state index contributed by atoms with van der Waals surface area (Å²) in [7, 11) is 0. The van der Waals surface area contributed by atoms with Crippen LogP contribution in [-0.4, -0.2) is 6.54 Å². The lowest BCUT2D eigenvalue weighted by atomic mass is 9.91. The minimum atomic E-state index is -0.233. The van der Waals surface area contributed by atoms with Crippen molar-refractivity contribution in [3.8, 4) is 0 Å². The Labute approximate surface area is 121 Å². The van der Waals surface area contributed by atoms with E-state index in [-0.39, 0.29) is 11.7 Å². The molecule has 2 aromatic carbocycles. The van der Waals surface area contributed by atoms with E-state index in [2.05, 4.69) is 41.1 Å². The molecule has 1 unspecified atom stereocenters. The van der Waals surface area contributed by atoms with Gasteiger partial charge in [-0.1, -0.05) is 35.9 Å². The Bertz CT molecular complexity index is 568. The van der Waals surface area contributed by atoms with Gasteiger partial charge in [0.05, 0.1) is 4.47 Å². The van der Waals surface area contributed by atoms with Gasteiger partial charge in [0, 0.05) is 5.92 Å². The summed E-state index contributed by atoms with van der Waals surface area (Å²) in [6.07, 6.45) is 0.818. The summed E-state index contributed by atoms with van der Waals surface area (Å²) in [6, 6.07) is 13.5. The maximum absolute atomic E-state index is 13.2. The Balaban J connectivity index is 2.21. The first kappa shape index (κ1) is 14.2. The van der Waals surface area contributed by atoms with Gasteiger partial charge >= 0.3 is 0 Å². The third-order valence-corrected chi connectivity index (χ3v) is 3.87. The lowest BCUT2D eigenvalue weighted by Gasteiger charge is -2.16. The predicted molar refractivity (Wildman–Crippen MR) is 80.8 cm³/mol. The van der Waals surface area contributed by atoms with Gasteiger partial charge in [-0.25, -0.2) is 4.39 Å². The number of hydrogen-bond donors (Lipinski definition) is 1. The van der Waals surface area contributed by atoms with Gasteiger partial charge in [0.1, 0.15) is 5.82 Å². The second kappa shape index (κ2) is 6.31. The van der Waals surface area contributed by atoms with Crippen molar-refractivity contribution in [3.63, 3.8) is 0 Å². The molecule has 3 heteroatoms. The number of nitrogens with two attached hydrogens (primary N) is 1. The van der Waals surface area contributed by atoms with Gasteiger partial charge in [0.15, 0.2) is 0 Å². The molecular weight excluding hydrogens is 305 g/mol. The average Bonchev–Trinajstić information content (AvgIpc) is 2.40. The Kier molecular flexibility index (Phi) is 4.72. The van der Waals surface area contributed by atoms with Crippen molar-refractivity contribution in [2.45, 2.75) is 19.3 Å². The standard InChI is InChI=1S/C16H17BrFN/c1-11-3-2-4-13(7-11)14(10-19)8-12-5-6-16(18)15(17)9-12/h2-7,9,14H,8,10,19H2,1H3. The van der Waals surface area contributed by atoms with Gasteiger partial charge in [-0.05, 0) is 59.1 Å².